The van der Waals surface area contributed by atoms with E-state index in [9.17, 15) is 0 Å². The van der Waals surface area contributed by atoms with Crippen molar-refractivity contribution < 1.29 is 0 Å². The van der Waals surface area contributed by atoms with E-state index in [0.717, 1.165) is 16.9 Å². The first-order valence-corrected chi connectivity index (χ1v) is 6.79. The second kappa shape index (κ2) is 4.28. The van der Waals surface area contributed by atoms with Gasteiger partial charge in [0.15, 0.2) is 0 Å². The summed E-state index contributed by atoms with van der Waals surface area (Å²) in [6, 6.07) is 2.17. The van der Waals surface area contributed by atoms with E-state index in [1.807, 2.05) is 0 Å². The molecule has 0 spiro atoms. The molecule has 0 fully saturated rings. The number of hydrogen-bond acceptors (Lipinski definition) is 4. The first-order chi connectivity index (χ1) is 7.69. The highest BCUT2D eigenvalue weighted by Crippen LogP contribution is 2.40. The van der Waals surface area contributed by atoms with Crippen molar-refractivity contribution in [1.29, 1.82) is 5.26 Å². The summed E-state index contributed by atoms with van der Waals surface area (Å²) in [6.07, 6.45) is 0.870. The monoisotopic (exact) mass is 248 g/mol. The van der Waals surface area contributed by atoms with Gasteiger partial charge in [-0.3, -0.25) is 0 Å². The highest BCUT2D eigenvalue weighted by atomic mass is 32.1. The van der Waals surface area contributed by atoms with Crippen LogP contribution in [0.4, 0.5) is 5.69 Å². The van der Waals surface area contributed by atoms with E-state index < -0.39 is 0 Å². The fraction of sp³-hybridized carbons (Fsp3) is 0.250. The van der Waals surface area contributed by atoms with Crippen molar-refractivity contribution in [2.24, 2.45) is 0 Å². The van der Waals surface area contributed by atoms with Gasteiger partial charge in [0.2, 0.25) is 0 Å². The second-order valence-electron chi connectivity index (χ2n) is 3.59. The number of thiophene rings is 2. The summed E-state index contributed by atoms with van der Waals surface area (Å²) >= 11 is 3.19. The van der Waals surface area contributed by atoms with Gasteiger partial charge in [-0.05, 0) is 35.2 Å². The van der Waals surface area contributed by atoms with Crippen LogP contribution in [0.15, 0.2) is 10.8 Å². The molecule has 0 amide bonds. The van der Waals surface area contributed by atoms with Crippen LogP contribution in [0.3, 0.4) is 0 Å². The lowest BCUT2D eigenvalue weighted by molar-refractivity contribution is 1.16. The lowest BCUT2D eigenvalue weighted by Gasteiger charge is -2.01. The summed E-state index contributed by atoms with van der Waals surface area (Å²) in [4.78, 5) is 1.80. The zero-order valence-corrected chi connectivity index (χ0v) is 10.8. The fourth-order valence-electron chi connectivity index (χ4n) is 1.72. The molecule has 0 aromatic carbocycles. The normalized spacial score (nSPS) is 10.3. The van der Waals surface area contributed by atoms with Crippen molar-refractivity contribution in [2.75, 3.05) is 5.73 Å². The Morgan fingerprint density at radius 1 is 1.44 bits per heavy atom. The maximum atomic E-state index is 9.00. The summed E-state index contributed by atoms with van der Waals surface area (Å²) in [6.45, 7) is 4.16. The van der Waals surface area contributed by atoms with Crippen molar-refractivity contribution in [3.63, 3.8) is 0 Å². The maximum Gasteiger partial charge on any atom is 0.128 e. The van der Waals surface area contributed by atoms with E-state index in [0.29, 0.717) is 10.6 Å². The van der Waals surface area contributed by atoms with Gasteiger partial charge >= 0.3 is 0 Å². The van der Waals surface area contributed by atoms with Gasteiger partial charge in [0.1, 0.15) is 10.9 Å². The van der Waals surface area contributed by atoms with Crippen LogP contribution in [-0.4, -0.2) is 0 Å². The molecule has 0 bridgehead atoms. The summed E-state index contributed by atoms with van der Waals surface area (Å²) in [7, 11) is 0. The van der Waals surface area contributed by atoms with Gasteiger partial charge in [-0.15, -0.1) is 11.3 Å². The third kappa shape index (κ3) is 1.62. The second-order valence-corrected chi connectivity index (χ2v) is 5.35. The van der Waals surface area contributed by atoms with Crippen LogP contribution in [0, 0.1) is 18.3 Å². The molecular weight excluding hydrogens is 236 g/mol. The Bertz CT molecular complexity index is 558. The van der Waals surface area contributed by atoms with E-state index in [1.54, 1.807) is 11.3 Å². The minimum Gasteiger partial charge on any atom is -0.397 e. The molecule has 0 radical (unpaired) electrons. The molecule has 4 heteroatoms. The van der Waals surface area contributed by atoms with E-state index >= 15 is 0 Å². The molecule has 2 heterocycles. The number of rotatable bonds is 2. The topological polar surface area (TPSA) is 49.8 Å². The standard InChI is InChI=1S/C12H12N2S2/c1-3-8-11(14)10(4-13)16-12(8)9-6-15-5-7(9)2/h5-6H,3,14H2,1-2H3. The molecule has 2 rings (SSSR count). The van der Waals surface area contributed by atoms with Crippen LogP contribution in [0.2, 0.25) is 0 Å². The molecule has 0 aliphatic rings. The summed E-state index contributed by atoms with van der Waals surface area (Å²) < 4.78 is 0. The largest absolute Gasteiger partial charge is 0.397 e. The number of aryl methyl sites for hydroxylation is 1. The lowest BCUT2D eigenvalue weighted by atomic mass is 10.1. The highest BCUT2D eigenvalue weighted by molar-refractivity contribution is 7.17. The van der Waals surface area contributed by atoms with Crippen molar-refractivity contribution in [2.45, 2.75) is 20.3 Å². The molecule has 82 valence electrons. The van der Waals surface area contributed by atoms with Crippen LogP contribution in [0.5, 0.6) is 0 Å². The number of nitrogens with two attached hydrogens (primary N) is 1. The van der Waals surface area contributed by atoms with Gasteiger partial charge in [-0.2, -0.15) is 16.6 Å². The molecule has 0 aliphatic carbocycles. The van der Waals surface area contributed by atoms with Gasteiger partial charge < -0.3 is 5.73 Å². The predicted molar refractivity (Wildman–Crippen MR) is 70.9 cm³/mol. The Morgan fingerprint density at radius 2 is 2.19 bits per heavy atom. The van der Waals surface area contributed by atoms with E-state index in [2.05, 4.69) is 30.7 Å². The summed E-state index contributed by atoms with van der Waals surface area (Å²) in [5.41, 5.74) is 10.2. The van der Waals surface area contributed by atoms with Gasteiger partial charge in [0.05, 0.1) is 5.69 Å². The zero-order valence-electron chi connectivity index (χ0n) is 9.20. The third-order valence-electron chi connectivity index (χ3n) is 2.60. The average Bonchev–Trinajstić information content (AvgIpc) is 2.82. The molecule has 2 aromatic heterocycles. The Morgan fingerprint density at radius 3 is 2.69 bits per heavy atom. The predicted octanol–water partition coefficient (Wildman–Crippen LogP) is 3.80. The number of nitrogen functional groups attached to an aromatic ring is 1. The molecule has 2 aromatic rings. The van der Waals surface area contributed by atoms with E-state index in [4.69, 9.17) is 11.0 Å². The number of nitriles is 1. The van der Waals surface area contributed by atoms with Gasteiger partial charge in [0, 0.05) is 10.4 Å². The molecule has 0 atom stereocenters. The highest BCUT2D eigenvalue weighted by Gasteiger charge is 2.17. The summed E-state index contributed by atoms with van der Waals surface area (Å²) in [5.74, 6) is 0. The van der Waals surface area contributed by atoms with Crippen molar-refractivity contribution in [3.8, 4) is 16.5 Å². The Kier molecular flexibility index (Phi) is 2.99. The van der Waals surface area contributed by atoms with Crippen LogP contribution >= 0.6 is 22.7 Å². The van der Waals surface area contributed by atoms with Crippen LogP contribution in [-0.2, 0) is 6.42 Å². The number of nitrogens with zero attached hydrogens (tertiary/aromatic N) is 1. The molecule has 0 saturated carbocycles. The minimum atomic E-state index is 0.637. The van der Waals surface area contributed by atoms with E-state index in [1.165, 1.54) is 22.5 Å². The summed E-state index contributed by atoms with van der Waals surface area (Å²) in [5, 5.41) is 13.2. The number of hydrogen-bond donors (Lipinski definition) is 1. The fourth-order valence-corrected chi connectivity index (χ4v) is 3.83. The SMILES string of the molecule is CCc1c(-c2cscc2C)sc(C#N)c1N. The smallest absolute Gasteiger partial charge is 0.128 e. The lowest BCUT2D eigenvalue weighted by Crippen LogP contribution is -1.91. The van der Waals surface area contributed by atoms with Crippen molar-refractivity contribution in [3.05, 3.63) is 26.8 Å². The molecular formula is C12H12N2S2. The Hall–Kier alpha value is -1.31. The minimum absolute atomic E-state index is 0.637. The van der Waals surface area contributed by atoms with Gasteiger partial charge in [-0.25, -0.2) is 0 Å². The Balaban J connectivity index is 2.67. The maximum absolute atomic E-state index is 9.00. The van der Waals surface area contributed by atoms with Gasteiger partial charge in [-0.1, -0.05) is 6.92 Å². The first-order valence-electron chi connectivity index (χ1n) is 5.03. The molecule has 0 aliphatic heterocycles. The molecule has 2 N–H and O–H groups in total. The zero-order chi connectivity index (χ0) is 11.7. The molecule has 0 unspecified atom stereocenters. The van der Waals surface area contributed by atoms with Crippen LogP contribution in [0.1, 0.15) is 22.9 Å². The van der Waals surface area contributed by atoms with Crippen LogP contribution in [0.25, 0.3) is 10.4 Å². The van der Waals surface area contributed by atoms with Crippen molar-refractivity contribution in [1.82, 2.24) is 0 Å². The first kappa shape index (κ1) is 11.2. The third-order valence-corrected chi connectivity index (χ3v) is 4.65. The number of anilines is 1. The van der Waals surface area contributed by atoms with Crippen LogP contribution < -0.4 is 5.73 Å². The molecule has 2 nitrogen and oxygen atoms in total. The quantitative estimate of drug-likeness (QED) is 0.878. The Labute approximate surface area is 103 Å². The van der Waals surface area contributed by atoms with Gasteiger partial charge in [0.25, 0.3) is 0 Å². The molecule has 16 heavy (non-hydrogen) atoms. The van der Waals surface area contributed by atoms with E-state index in [-0.39, 0.29) is 0 Å². The average molecular weight is 248 g/mol. The van der Waals surface area contributed by atoms with Crippen molar-refractivity contribution >= 4 is 28.4 Å². The molecule has 0 saturated heterocycles.